The number of nitrogens with zero attached hydrogens (tertiary/aromatic N) is 4. The molecule has 5 heteroatoms. The average molecular weight is 325 g/mol. The van der Waals surface area contributed by atoms with E-state index in [1.807, 2.05) is 49.8 Å². The monoisotopic (exact) mass is 324 g/mol. The first kappa shape index (κ1) is 15.3. The van der Waals surface area contributed by atoms with Crippen LogP contribution in [-0.2, 0) is 7.05 Å². The van der Waals surface area contributed by atoms with Gasteiger partial charge < -0.3 is 4.57 Å². The highest BCUT2D eigenvalue weighted by atomic mass is 35.5. The third kappa shape index (κ3) is 2.98. The summed E-state index contributed by atoms with van der Waals surface area (Å²) >= 11 is 6.02. The lowest BCUT2D eigenvalue weighted by atomic mass is 10.2. The Bertz CT molecular complexity index is 869. The van der Waals surface area contributed by atoms with E-state index < -0.39 is 0 Å². The number of aromatic nitrogens is 3. The molecule has 0 atom stereocenters. The average Bonchev–Trinajstić information content (AvgIpc) is 3.10. The number of hydrogen-bond acceptors (Lipinski definition) is 2. The summed E-state index contributed by atoms with van der Waals surface area (Å²) in [7, 11) is 1.91. The van der Waals surface area contributed by atoms with Crippen molar-refractivity contribution in [1.82, 2.24) is 14.3 Å². The third-order valence-corrected chi connectivity index (χ3v) is 3.98. The molecule has 0 unspecified atom stereocenters. The van der Waals surface area contributed by atoms with Crippen molar-refractivity contribution in [2.24, 2.45) is 12.0 Å². The Balaban J connectivity index is 2.22. The Morgan fingerprint density at radius 2 is 2.00 bits per heavy atom. The zero-order valence-electron chi connectivity index (χ0n) is 13.1. The second-order valence-electron chi connectivity index (χ2n) is 5.28. The minimum atomic E-state index is 0.720. The zero-order valence-corrected chi connectivity index (χ0v) is 13.8. The van der Waals surface area contributed by atoms with Gasteiger partial charge in [0.15, 0.2) is 0 Å². The molecule has 0 aliphatic carbocycles. The lowest BCUT2D eigenvalue weighted by molar-refractivity contribution is 0.768. The Kier molecular flexibility index (Phi) is 4.17. The SMILES string of the molecule is C=N/C=C\c1cc(-c2cnn(C)c2)n(-c2ccc(Cl)cc2)c1C. The van der Waals surface area contributed by atoms with Gasteiger partial charge in [0.1, 0.15) is 0 Å². The summed E-state index contributed by atoms with van der Waals surface area (Å²) in [6.07, 6.45) is 7.51. The summed E-state index contributed by atoms with van der Waals surface area (Å²) < 4.78 is 3.99. The molecule has 0 fully saturated rings. The van der Waals surface area contributed by atoms with Crippen molar-refractivity contribution in [3.05, 3.63) is 65.2 Å². The number of rotatable bonds is 4. The van der Waals surface area contributed by atoms with Crippen LogP contribution in [0.1, 0.15) is 11.3 Å². The molecule has 0 spiro atoms. The molecular formula is C18H17ClN4. The van der Waals surface area contributed by atoms with Crippen molar-refractivity contribution in [3.8, 4) is 16.9 Å². The fraction of sp³-hybridized carbons (Fsp3) is 0.111. The Morgan fingerprint density at radius 1 is 1.26 bits per heavy atom. The van der Waals surface area contributed by atoms with Gasteiger partial charge in [-0.3, -0.25) is 9.67 Å². The van der Waals surface area contributed by atoms with Gasteiger partial charge in [0.05, 0.1) is 11.9 Å². The Hall–Kier alpha value is -2.59. The highest BCUT2D eigenvalue weighted by molar-refractivity contribution is 6.30. The summed E-state index contributed by atoms with van der Waals surface area (Å²) in [5, 5.41) is 5.00. The molecule has 0 radical (unpaired) electrons. The van der Waals surface area contributed by atoms with E-state index in [2.05, 4.69) is 34.4 Å². The van der Waals surface area contributed by atoms with Crippen LogP contribution >= 0.6 is 11.6 Å². The van der Waals surface area contributed by atoms with Crippen molar-refractivity contribution in [2.45, 2.75) is 6.92 Å². The summed E-state index contributed by atoms with van der Waals surface area (Å²) in [6, 6.07) is 9.93. The summed E-state index contributed by atoms with van der Waals surface area (Å²) in [6.45, 7) is 5.57. The summed E-state index contributed by atoms with van der Waals surface area (Å²) in [4.78, 5) is 3.80. The normalized spacial score (nSPS) is 11.3. The van der Waals surface area contributed by atoms with Gasteiger partial charge in [0.2, 0.25) is 0 Å². The summed E-state index contributed by atoms with van der Waals surface area (Å²) in [5.41, 5.74) is 5.38. The van der Waals surface area contributed by atoms with Gasteiger partial charge in [0, 0.05) is 41.4 Å². The maximum atomic E-state index is 6.02. The molecular weight excluding hydrogens is 308 g/mol. The molecule has 2 heterocycles. The van der Waals surface area contributed by atoms with Crippen LogP contribution in [0.3, 0.4) is 0 Å². The van der Waals surface area contributed by atoms with E-state index in [1.165, 1.54) is 0 Å². The van der Waals surface area contributed by atoms with Crippen molar-refractivity contribution in [1.29, 1.82) is 0 Å². The van der Waals surface area contributed by atoms with Gasteiger partial charge >= 0.3 is 0 Å². The molecule has 2 aromatic heterocycles. The second-order valence-corrected chi connectivity index (χ2v) is 5.72. The van der Waals surface area contributed by atoms with Crippen LogP contribution in [0.25, 0.3) is 23.0 Å². The number of halogens is 1. The number of aryl methyl sites for hydroxylation is 1. The van der Waals surface area contributed by atoms with Crippen LogP contribution in [-0.4, -0.2) is 21.1 Å². The number of hydrogen-bond donors (Lipinski definition) is 0. The van der Waals surface area contributed by atoms with Crippen LogP contribution in [0.4, 0.5) is 0 Å². The minimum absolute atomic E-state index is 0.720. The number of benzene rings is 1. The Labute approximate surface area is 140 Å². The van der Waals surface area contributed by atoms with Gasteiger partial charge in [0.25, 0.3) is 0 Å². The molecule has 0 aliphatic rings. The first-order valence-corrected chi connectivity index (χ1v) is 7.57. The smallest absolute Gasteiger partial charge is 0.0583 e. The van der Waals surface area contributed by atoms with Gasteiger partial charge in [-0.1, -0.05) is 11.6 Å². The topological polar surface area (TPSA) is 35.1 Å². The van der Waals surface area contributed by atoms with Gasteiger partial charge in [-0.2, -0.15) is 5.10 Å². The Morgan fingerprint density at radius 3 is 2.61 bits per heavy atom. The van der Waals surface area contributed by atoms with Crippen molar-refractivity contribution in [3.63, 3.8) is 0 Å². The lowest BCUT2D eigenvalue weighted by Gasteiger charge is -2.11. The summed E-state index contributed by atoms with van der Waals surface area (Å²) in [5.74, 6) is 0. The van der Waals surface area contributed by atoms with Crippen LogP contribution < -0.4 is 0 Å². The minimum Gasteiger partial charge on any atom is -0.313 e. The molecule has 1 aromatic carbocycles. The van der Waals surface area contributed by atoms with Crippen molar-refractivity contribution in [2.75, 3.05) is 0 Å². The molecule has 0 saturated carbocycles. The first-order valence-electron chi connectivity index (χ1n) is 7.20. The molecule has 3 aromatic rings. The number of aliphatic imine (C=N–C) groups is 1. The predicted octanol–water partition coefficient (Wildman–Crippen LogP) is 4.51. The molecule has 0 saturated heterocycles. The maximum Gasteiger partial charge on any atom is 0.0583 e. The maximum absolute atomic E-state index is 6.02. The fourth-order valence-electron chi connectivity index (χ4n) is 2.62. The fourth-order valence-corrected chi connectivity index (χ4v) is 2.74. The lowest BCUT2D eigenvalue weighted by Crippen LogP contribution is -1.98. The van der Waals surface area contributed by atoms with E-state index in [1.54, 1.807) is 10.9 Å². The molecule has 116 valence electrons. The van der Waals surface area contributed by atoms with Crippen molar-refractivity contribution >= 4 is 24.4 Å². The van der Waals surface area contributed by atoms with E-state index in [0.717, 1.165) is 33.2 Å². The van der Waals surface area contributed by atoms with Gasteiger partial charge in [-0.25, -0.2) is 0 Å². The van der Waals surface area contributed by atoms with Gasteiger partial charge in [-0.15, -0.1) is 0 Å². The van der Waals surface area contributed by atoms with Crippen LogP contribution in [0.15, 0.2) is 53.9 Å². The largest absolute Gasteiger partial charge is 0.313 e. The van der Waals surface area contributed by atoms with Crippen LogP contribution in [0, 0.1) is 6.92 Å². The van der Waals surface area contributed by atoms with Crippen LogP contribution in [0.2, 0.25) is 5.02 Å². The van der Waals surface area contributed by atoms with E-state index in [4.69, 9.17) is 11.6 Å². The third-order valence-electron chi connectivity index (χ3n) is 3.73. The predicted molar refractivity (Wildman–Crippen MR) is 96.3 cm³/mol. The highest BCUT2D eigenvalue weighted by Gasteiger charge is 2.14. The molecule has 0 amide bonds. The molecule has 23 heavy (non-hydrogen) atoms. The quantitative estimate of drug-likeness (QED) is 0.650. The molecule has 0 N–H and O–H groups in total. The van der Waals surface area contributed by atoms with E-state index >= 15 is 0 Å². The second kappa shape index (κ2) is 6.26. The molecule has 3 rings (SSSR count). The van der Waals surface area contributed by atoms with E-state index in [-0.39, 0.29) is 0 Å². The molecule has 4 nitrogen and oxygen atoms in total. The van der Waals surface area contributed by atoms with E-state index in [0.29, 0.717) is 0 Å². The van der Waals surface area contributed by atoms with Crippen molar-refractivity contribution < 1.29 is 0 Å². The highest BCUT2D eigenvalue weighted by Crippen LogP contribution is 2.30. The van der Waals surface area contributed by atoms with E-state index in [9.17, 15) is 0 Å². The standard InChI is InChI=1S/C18H17ClN4/c1-13-14(8-9-20-2)10-18(15-11-21-22(3)12-15)23(13)17-6-4-16(19)5-7-17/h4-12H,2H2,1,3H3/b9-8-. The first-order chi connectivity index (χ1) is 11.1. The molecule has 0 aliphatic heterocycles. The van der Waals surface area contributed by atoms with Gasteiger partial charge in [-0.05, 0) is 55.6 Å². The zero-order chi connectivity index (χ0) is 16.4. The van der Waals surface area contributed by atoms with Crippen LogP contribution in [0.5, 0.6) is 0 Å². The molecule has 0 bridgehead atoms.